The smallest absolute Gasteiger partial charge is 0.336 e. The molecular formula is C26H26N2O7. The molecule has 2 aromatic rings. The maximum Gasteiger partial charge on any atom is 0.336 e. The first kappa shape index (κ1) is 24.0. The maximum atomic E-state index is 13.6. The van der Waals surface area contributed by atoms with Gasteiger partial charge in [-0.1, -0.05) is 30.3 Å². The van der Waals surface area contributed by atoms with Crippen molar-refractivity contribution < 1.29 is 28.7 Å². The van der Waals surface area contributed by atoms with Gasteiger partial charge >= 0.3 is 5.97 Å². The molecule has 1 aliphatic carbocycles. The molecule has 1 heterocycles. The van der Waals surface area contributed by atoms with Gasteiger partial charge in [0.1, 0.15) is 0 Å². The Labute approximate surface area is 202 Å². The number of carbonyl (C=O) groups is 2. The van der Waals surface area contributed by atoms with Crippen LogP contribution in [-0.2, 0) is 14.3 Å². The lowest BCUT2D eigenvalue weighted by molar-refractivity contribution is -0.385. The fourth-order valence-electron chi connectivity index (χ4n) is 4.96. The zero-order valence-electron chi connectivity index (χ0n) is 19.9. The molecule has 2 aromatic carbocycles. The highest BCUT2D eigenvalue weighted by Crippen LogP contribution is 2.49. The summed E-state index contributed by atoms with van der Waals surface area (Å²) in [5.41, 5.74) is 2.51. The van der Waals surface area contributed by atoms with E-state index in [1.807, 2.05) is 30.3 Å². The zero-order chi connectivity index (χ0) is 25.3. The van der Waals surface area contributed by atoms with Crippen LogP contribution < -0.4 is 14.8 Å². The number of allylic oxidation sites excluding steroid dienone is 3. The van der Waals surface area contributed by atoms with Crippen molar-refractivity contribution in [2.75, 3.05) is 21.3 Å². The fourth-order valence-corrected chi connectivity index (χ4v) is 4.96. The number of ether oxygens (including phenoxy) is 3. The van der Waals surface area contributed by atoms with Gasteiger partial charge in [-0.05, 0) is 30.9 Å². The number of Topliss-reactive ketones (excluding diaryl/α,β-unsaturated/α-hetero) is 1. The fraction of sp³-hybridized carbons (Fsp3) is 0.308. The predicted octanol–water partition coefficient (Wildman–Crippen LogP) is 4.15. The van der Waals surface area contributed by atoms with E-state index in [1.165, 1.54) is 33.5 Å². The second-order valence-corrected chi connectivity index (χ2v) is 8.44. The van der Waals surface area contributed by atoms with E-state index in [0.29, 0.717) is 23.4 Å². The van der Waals surface area contributed by atoms with Crippen molar-refractivity contribution in [3.8, 4) is 11.5 Å². The number of hydrogen-bond acceptors (Lipinski definition) is 8. The summed E-state index contributed by atoms with van der Waals surface area (Å²) in [6.45, 7) is 1.70. The van der Waals surface area contributed by atoms with Crippen LogP contribution in [0.1, 0.15) is 42.7 Å². The molecule has 0 saturated carbocycles. The minimum atomic E-state index is -0.997. The number of esters is 1. The number of rotatable bonds is 6. The molecule has 0 unspecified atom stereocenters. The first-order chi connectivity index (χ1) is 16.8. The molecule has 0 radical (unpaired) electrons. The van der Waals surface area contributed by atoms with Gasteiger partial charge in [0.25, 0.3) is 5.69 Å². The molecule has 0 spiro atoms. The van der Waals surface area contributed by atoms with Crippen LogP contribution in [0.15, 0.2) is 65.0 Å². The summed E-state index contributed by atoms with van der Waals surface area (Å²) in [6, 6.07) is 12.4. The third-order valence-corrected chi connectivity index (χ3v) is 6.54. The van der Waals surface area contributed by atoms with Crippen molar-refractivity contribution in [1.29, 1.82) is 0 Å². The lowest BCUT2D eigenvalue weighted by Gasteiger charge is -2.36. The number of hydrogen-bond donors (Lipinski definition) is 1. The van der Waals surface area contributed by atoms with Crippen LogP contribution >= 0.6 is 0 Å². The van der Waals surface area contributed by atoms with Gasteiger partial charge in [-0.15, -0.1) is 0 Å². The second-order valence-electron chi connectivity index (χ2n) is 8.44. The van der Waals surface area contributed by atoms with E-state index >= 15 is 0 Å². The van der Waals surface area contributed by atoms with Gasteiger partial charge in [-0.25, -0.2) is 4.79 Å². The quantitative estimate of drug-likeness (QED) is 0.374. The lowest BCUT2D eigenvalue weighted by atomic mass is 9.71. The number of nitrogens with zero attached hydrogens (tertiary/aromatic N) is 1. The first-order valence-electron chi connectivity index (χ1n) is 11.1. The van der Waals surface area contributed by atoms with Gasteiger partial charge < -0.3 is 19.5 Å². The monoisotopic (exact) mass is 478 g/mol. The predicted molar refractivity (Wildman–Crippen MR) is 127 cm³/mol. The summed E-state index contributed by atoms with van der Waals surface area (Å²) < 4.78 is 15.7. The van der Waals surface area contributed by atoms with Crippen molar-refractivity contribution in [2.24, 2.45) is 0 Å². The molecule has 1 N–H and O–H groups in total. The van der Waals surface area contributed by atoms with E-state index in [0.717, 1.165) is 5.56 Å². The molecule has 1 aliphatic heterocycles. The van der Waals surface area contributed by atoms with Gasteiger partial charge in [0.2, 0.25) is 0 Å². The number of carbonyl (C=O) groups excluding carboxylic acids is 2. The Morgan fingerprint density at radius 3 is 2.31 bits per heavy atom. The van der Waals surface area contributed by atoms with Crippen molar-refractivity contribution in [3.63, 3.8) is 0 Å². The van der Waals surface area contributed by atoms with Crippen molar-refractivity contribution in [2.45, 2.75) is 31.6 Å². The van der Waals surface area contributed by atoms with Gasteiger partial charge in [0.05, 0.1) is 43.8 Å². The van der Waals surface area contributed by atoms with E-state index in [-0.39, 0.29) is 46.4 Å². The molecular weight excluding hydrogens is 452 g/mol. The van der Waals surface area contributed by atoms with Crippen LogP contribution in [0.5, 0.6) is 11.5 Å². The highest BCUT2D eigenvalue weighted by atomic mass is 16.6. The third-order valence-electron chi connectivity index (χ3n) is 6.54. The number of dihydropyridines is 1. The summed E-state index contributed by atoms with van der Waals surface area (Å²) in [7, 11) is 4.03. The van der Waals surface area contributed by atoms with Crippen molar-refractivity contribution >= 4 is 17.4 Å². The van der Waals surface area contributed by atoms with Crippen LogP contribution in [0.25, 0.3) is 0 Å². The Bertz CT molecular complexity index is 1260. The standard InChI is InChI=1S/C26H26N2O7/c1-14-23(26(30)35-4)24(17-12-21(33-2)22(34-3)13-19(17)28(31)32)25-18(27-14)10-16(11-20(25)29)15-8-6-5-7-9-15/h5-9,12-13,16,24,27H,10-11H2,1-4H3/t16-,24-/m0/s1. The average Bonchev–Trinajstić information content (AvgIpc) is 2.86. The Balaban J connectivity index is 1.94. The van der Waals surface area contributed by atoms with E-state index in [9.17, 15) is 19.7 Å². The molecule has 0 aromatic heterocycles. The largest absolute Gasteiger partial charge is 0.493 e. The SMILES string of the molecule is COC(=O)C1=C(C)NC2=C(C(=O)C[C@@H](c3ccccc3)C2)[C@H]1c1cc(OC)c(OC)cc1[N+](=O)[O-]. The van der Waals surface area contributed by atoms with E-state index < -0.39 is 16.8 Å². The molecule has 4 rings (SSSR count). The maximum absolute atomic E-state index is 13.6. The van der Waals surface area contributed by atoms with Gasteiger partial charge in [-0.2, -0.15) is 0 Å². The van der Waals surface area contributed by atoms with Gasteiger partial charge in [-0.3, -0.25) is 14.9 Å². The molecule has 35 heavy (non-hydrogen) atoms. The zero-order valence-corrected chi connectivity index (χ0v) is 19.9. The van der Waals surface area contributed by atoms with Gasteiger partial charge in [0.15, 0.2) is 17.3 Å². The molecule has 0 amide bonds. The van der Waals surface area contributed by atoms with Crippen LogP contribution in [0, 0.1) is 10.1 Å². The highest BCUT2D eigenvalue weighted by molar-refractivity contribution is 6.04. The molecule has 0 saturated heterocycles. The molecule has 9 nitrogen and oxygen atoms in total. The van der Waals surface area contributed by atoms with E-state index in [1.54, 1.807) is 6.92 Å². The average molecular weight is 479 g/mol. The summed E-state index contributed by atoms with van der Waals surface area (Å²) in [4.78, 5) is 38.1. The van der Waals surface area contributed by atoms with Crippen LogP contribution in [0.4, 0.5) is 5.69 Å². The third kappa shape index (κ3) is 4.25. The van der Waals surface area contributed by atoms with Crippen LogP contribution in [0.3, 0.4) is 0 Å². The number of methoxy groups -OCH3 is 3. The number of ketones is 1. The van der Waals surface area contributed by atoms with Crippen LogP contribution in [0.2, 0.25) is 0 Å². The number of nitrogens with one attached hydrogen (secondary N) is 1. The Hall–Kier alpha value is -4.14. The Morgan fingerprint density at radius 1 is 1.06 bits per heavy atom. The number of nitro benzene ring substituents is 1. The molecule has 2 atom stereocenters. The Morgan fingerprint density at radius 2 is 1.71 bits per heavy atom. The minimum Gasteiger partial charge on any atom is -0.493 e. The minimum absolute atomic E-state index is 0.0523. The van der Waals surface area contributed by atoms with E-state index in [4.69, 9.17) is 14.2 Å². The Kier molecular flexibility index (Phi) is 6.59. The molecule has 2 aliphatic rings. The number of benzene rings is 2. The van der Waals surface area contributed by atoms with Gasteiger partial charge in [0, 0.05) is 29.0 Å². The topological polar surface area (TPSA) is 117 Å². The normalized spacial score (nSPS) is 19.6. The second kappa shape index (κ2) is 9.61. The summed E-state index contributed by atoms with van der Waals surface area (Å²) in [5, 5.41) is 15.3. The van der Waals surface area contributed by atoms with Crippen molar-refractivity contribution in [1.82, 2.24) is 5.32 Å². The molecule has 0 fully saturated rings. The first-order valence-corrected chi connectivity index (χ1v) is 11.1. The highest BCUT2D eigenvalue weighted by Gasteiger charge is 2.44. The molecule has 9 heteroatoms. The lowest BCUT2D eigenvalue weighted by Crippen LogP contribution is -2.36. The van der Waals surface area contributed by atoms with E-state index in [2.05, 4.69) is 5.32 Å². The summed E-state index contributed by atoms with van der Waals surface area (Å²) >= 11 is 0. The summed E-state index contributed by atoms with van der Waals surface area (Å²) in [5.74, 6) is -1.48. The number of nitro groups is 1. The molecule has 0 bridgehead atoms. The van der Waals surface area contributed by atoms with Crippen LogP contribution in [-0.4, -0.2) is 38.0 Å². The molecule has 182 valence electrons. The van der Waals surface area contributed by atoms with Crippen molar-refractivity contribution in [3.05, 3.63) is 86.2 Å². The summed E-state index contributed by atoms with van der Waals surface area (Å²) in [6.07, 6.45) is 0.740.